The van der Waals surface area contributed by atoms with Gasteiger partial charge in [0.25, 0.3) is 0 Å². The van der Waals surface area contributed by atoms with Gasteiger partial charge in [-0.05, 0) is 57.3 Å². The molecule has 0 atom stereocenters. The monoisotopic (exact) mass is 450 g/mol. The van der Waals surface area contributed by atoms with Gasteiger partial charge in [0.2, 0.25) is 0 Å². The molecule has 1 aliphatic carbocycles. The fourth-order valence-corrected chi connectivity index (χ4v) is 5.95. The van der Waals surface area contributed by atoms with Gasteiger partial charge < -0.3 is 11.1 Å². The van der Waals surface area contributed by atoms with Crippen molar-refractivity contribution in [3.8, 4) is 11.1 Å². The fraction of sp³-hybridized carbons (Fsp3) is 0.0909. The van der Waals surface area contributed by atoms with Crippen molar-refractivity contribution in [2.24, 2.45) is 0 Å². The van der Waals surface area contributed by atoms with Gasteiger partial charge in [-0.1, -0.05) is 92.7 Å². The summed E-state index contributed by atoms with van der Waals surface area (Å²) in [5, 5.41) is 10.7. The van der Waals surface area contributed by atoms with Crippen LogP contribution in [0.15, 0.2) is 103 Å². The first-order chi connectivity index (χ1) is 17.0. The van der Waals surface area contributed by atoms with Crippen LogP contribution in [0.4, 0.5) is 17.1 Å². The van der Waals surface area contributed by atoms with Crippen LogP contribution in [0.2, 0.25) is 0 Å². The molecule has 6 aromatic rings. The maximum absolute atomic E-state index is 6.85. The van der Waals surface area contributed by atoms with Gasteiger partial charge in [0.05, 0.1) is 5.69 Å². The highest BCUT2D eigenvalue weighted by molar-refractivity contribution is 6.21. The molecule has 0 aromatic heterocycles. The number of nitrogens with one attached hydrogen (secondary N) is 1. The first-order valence-corrected chi connectivity index (χ1v) is 12.2. The maximum atomic E-state index is 6.85. The number of hydrogen-bond donors (Lipinski definition) is 2. The maximum Gasteiger partial charge on any atom is 0.0545 e. The van der Waals surface area contributed by atoms with Gasteiger partial charge in [0.1, 0.15) is 0 Å². The van der Waals surface area contributed by atoms with Gasteiger partial charge >= 0.3 is 0 Å². The van der Waals surface area contributed by atoms with Gasteiger partial charge in [-0.2, -0.15) is 0 Å². The SMILES string of the molecule is CC1(C)c2ccccc2-c2cc3c(Nc4ccc5ccccc5c4)c4ccccc4c(N)c3cc21. The van der Waals surface area contributed by atoms with Crippen molar-refractivity contribution in [3.63, 3.8) is 0 Å². The van der Waals surface area contributed by atoms with Crippen molar-refractivity contribution in [1.82, 2.24) is 0 Å². The Labute approximate surface area is 205 Å². The van der Waals surface area contributed by atoms with E-state index in [1.807, 2.05) is 0 Å². The summed E-state index contributed by atoms with van der Waals surface area (Å²) in [6.45, 7) is 4.63. The van der Waals surface area contributed by atoms with E-state index in [0.717, 1.165) is 38.6 Å². The minimum Gasteiger partial charge on any atom is -0.398 e. The van der Waals surface area contributed by atoms with Crippen molar-refractivity contribution in [2.45, 2.75) is 19.3 Å². The molecular weight excluding hydrogens is 424 g/mol. The number of benzene rings is 6. The molecular formula is C33H26N2. The predicted molar refractivity (Wildman–Crippen MR) is 151 cm³/mol. The Balaban J connectivity index is 1.54. The highest BCUT2D eigenvalue weighted by atomic mass is 14.9. The lowest BCUT2D eigenvalue weighted by atomic mass is 9.81. The van der Waals surface area contributed by atoms with E-state index in [1.165, 1.54) is 33.0 Å². The molecule has 0 spiro atoms. The summed E-state index contributed by atoms with van der Waals surface area (Å²) >= 11 is 0. The molecule has 0 aliphatic heterocycles. The van der Waals surface area contributed by atoms with E-state index < -0.39 is 0 Å². The Morgan fingerprint density at radius 2 is 1.29 bits per heavy atom. The lowest BCUT2D eigenvalue weighted by Crippen LogP contribution is -2.15. The third kappa shape index (κ3) is 2.83. The van der Waals surface area contributed by atoms with Gasteiger partial charge in [0.15, 0.2) is 0 Å². The van der Waals surface area contributed by atoms with Gasteiger partial charge in [-0.3, -0.25) is 0 Å². The van der Waals surface area contributed by atoms with Crippen LogP contribution in [-0.4, -0.2) is 0 Å². The van der Waals surface area contributed by atoms with Crippen LogP contribution in [0.3, 0.4) is 0 Å². The van der Waals surface area contributed by atoms with Crippen LogP contribution < -0.4 is 11.1 Å². The van der Waals surface area contributed by atoms with E-state index in [-0.39, 0.29) is 5.41 Å². The molecule has 3 N–H and O–H groups in total. The molecule has 1 aliphatic rings. The summed E-state index contributed by atoms with van der Waals surface area (Å²) in [5.74, 6) is 0. The van der Waals surface area contributed by atoms with Crippen molar-refractivity contribution < 1.29 is 0 Å². The lowest BCUT2D eigenvalue weighted by Gasteiger charge is -2.23. The Hall–Kier alpha value is -4.30. The zero-order valence-electron chi connectivity index (χ0n) is 19.9. The quantitative estimate of drug-likeness (QED) is 0.157. The Morgan fingerprint density at radius 3 is 2.14 bits per heavy atom. The van der Waals surface area contributed by atoms with E-state index in [1.54, 1.807) is 0 Å². The normalized spacial score (nSPS) is 13.8. The Bertz CT molecular complexity index is 1810. The zero-order valence-corrected chi connectivity index (χ0v) is 19.9. The third-order valence-electron chi connectivity index (χ3n) is 7.79. The minimum absolute atomic E-state index is 0.0653. The number of nitrogens with two attached hydrogens (primary N) is 1. The number of hydrogen-bond acceptors (Lipinski definition) is 2. The van der Waals surface area contributed by atoms with Crippen molar-refractivity contribution in [3.05, 3.63) is 114 Å². The van der Waals surface area contributed by atoms with Gasteiger partial charge in [-0.25, -0.2) is 0 Å². The molecule has 2 heteroatoms. The molecule has 0 heterocycles. The van der Waals surface area contributed by atoms with Crippen molar-refractivity contribution in [2.75, 3.05) is 11.1 Å². The molecule has 0 fully saturated rings. The van der Waals surface area contributed by atoms with Crippen LogP contribution in [0, 0.1) is 0 Å². The van der Waals surface area contributed by atoms with Crippen LogP contribution in [0.25, 0.3) is 43.4 Å². The average Bonchev–Trinajstić information content (AvgIpc) is 3.12. The third-order valence-corrected chi connectivity index (χ3v) is 7.79. The molecule has 0 unspecified atom stereocenters. The second-order valence-corrected chi connectivity index (χ2v) is 10.1. The standard InChI is InChI=1S/C33H26N2/c1-33(2)29-14-8-7-11-23(29)26-18-28-27(19-30(26)33)31(34)24-12-5-6-13-25(24)32(28)35-22-16-15-20-9-3-4-10-21(20)17-22/h3-19,35H,34H2,1-2H3. The molecule has 2 nitrogen and oxygen atoms in total. The smallest absolute Gasteiger partial charge is 0.0545 e. The molecule has 6 aromatic carbocycles. The first-order valence-electron chi connectivity index (χ1n) is 12.2. The Kier molecular flexibility index (Phi) is 4.08. The highest BCUT2D eigenvalue weighted by Gasteiger charge is 2.35. The molecule has 0 bridgehead atoms. The topological polar surface area (TPSA) is 38.0 Å². The summed E-state index contributed by atoms with van der Waals surface area (Å²) in [7, 11) is 0. The zero-order chi connectivity index (χ0) is 23.7. The summed E-state index contributed by atoms with van der Waals surface area (Å²) in [6, 6.07) is 36.9. The van der Waals surface area contributed by atoms with E-state index in [9.17, 15) is 0 Å². The lowest BCUT2D eigenvalue weighted by molar-refractivity contribution is 0.661. The van der Waals surface area contributed by atoms with Crippen LogP contribution >= 0.6 is 0 Å². The second kappa shape index (κ2) is 7.10. The van der Waals surface area contributed by atoms with Crippen LogP contribution in [0.1, 0.15) is 25.0 Å². The van der Waals surface area contributed by atoms with Gasteiger partial charge in [-0.15, -0.1) is 0 Å². The molecule has 0 saturated heterocycles. The summed E-state index contributed by atoms with van der Waals surface area (Å²) in [6.07, 6.45) is 0. The largest absolute Gasteiger partial charge is 0.398 e. The molecule has 35 heavy (non-hydrogen) atoms. The predicted octanol–water partition coefficient (Wildman–Crippen LogP) is 8.78. The molecule has 168 valence electrons. The number of fused-ring (bicyclic) bond motifs is 6. The van der Waals surface area contributed by atoms with E-state index in [2.05, 4.69) is 122 Å². The van der Waals surface area contributed by atoms with Crippen molar-refractivity contribution in [1.29, 1.82) is 0 Å². The summed E-state index contributed by atoms with van der Waals surface area (Å²) in [5.41, 5.74) is 15.1. The van der Waals surface area contributed by atoms with Crippen LogP contribution in [-0.2, 0) is 5.41 Å². The highest BCUT2D eigenvalue weighted by Crippen LogP contribution is 2.52. The number of rotatable bonds is 2. The van der Waals surface area contributed by atoms with Crippen LogP contribution in [0.5, 0.6) is 0 Å². The van der Waals surface area contributed by atoms with E-state index in [0.29, 0.717) is 0 Å². The molecule has 0 saturated carbocycles. The number of anilines is 3. The molecule has 7 rings (SSSR count). The fourth-order valence-electron chi connectivity index (χ4n) is 5.95. The summed E-state index contributed by atoms with van der Waals surface area (Å²) in [4.78, 5) is 0. The minimum atomic E-state index is -0.0653. The summed E-state index contributed by atoms with van der Waals surface area (Å²) < 4.78 is 0. The van der Waals surface area contributed by atoms with E-state index in [4.69, 9.17) is 5.73 Å². The molecule has 0 amide bonds. The number of nitrogen functional groups attached to an aromatic ring is 1. The molecule has 0 radical (unpaired) electrons. The van der Waals surface area contributed by atoms with E-state index >= 15 is 0 Å². The second-order valence-electron chi connectivity index (χ2n) is 10.1. The van der Waals surface area contributed by atoms with Crippen molar-refractivity contribution >= 4 is 49.4 Å². The average molecular weight is 451 g/mol. The Morgan fingerprint density at radius 1 is 0.571 bits per heavy atom. The first kappa shape index (κ1) is 20.1. The van der Waals surface area contributed by atoms with Gasteiger partial charge in [0, 0.05) is 38.3 Å².